The van der Waals surface area contributed by atoms with Crippen LogP contribution < -0.4 is 9.64 Å². The Labute approximate surface area is 177 Å². The van der Waals surface area contributed by atoms with Crippen LogP contribution in [0.2, 0.25) is 0 Å². The zero-order valence-electron chi connectivity index (χ0n) is 17.5. The van der Waals surface area contributed by atoms with Crippen LogP contribution >= 0.6 is 0 Å². The SMILES string of the molecule is COc1ccccc1C1CCN(C(=O)c2ccc(N(C)c3ccncc3)cc2)CC1. The molecule has 1 amide bonds. The Bertz CT molecular complexity index is 981. The van der Waals surface area contributed by atoms with Crippen LogP contribution in [0.1, 0.15) is 34.7 Å². The van der Waals surface area contributed by atoms with E-state index in [1.54, 1.807) is 19.5 Å². The lowest BCUT2D eigenvalue weighted by Gasteiger charge is -2.33. The summed E-state index contributed by atoms with van der Waals surface area (Å²) in [6.45, 7) is 1.53. The van der Waals surface area contributed by atoms with Crippen LogP contribution in [0.4, 0.5) is 11.4 Å². The standard InChI is InChI=1S/C25H27N3O2/c1-27(22-11-15-26-16-12-22)21-9-7-20(8-10-21)25(29)28-17-13-19(14-18-28)23-5-3-4-6-24(23)30-2/h3-12,15-16,19H,13-14,17-18H2,1-2H3. The molecule has 5 nitrogen and oxygen atoms in total. The number of piperidine rings is 1. The minimum atomic E-state index is 0.103. The number of carbonyl (C=O) groups is 1. The van der Waals surface area contributed by atoms with E-state index in [-0.39, 0.29) is 5.91 Å². The third-order valence-corrected chi connectivity index (χ3v) is 5.91. The van der Waals surface area contributed by atoms with Gasteiger partial charge in [-0.2, -0.15) is 0 Å². The zero-order valence-corrected chi connectivity index (χ0v) is 17.5. The molecule has 4 rings (SSSR count). The number of pyridine rings is 1. The average Bonchev–Trinajstić information content (AvgIpc) is 2.84. The summed E-state index contributed by atoms with van der Waals surface area (Å²) in [5.41, 5.74) is 4.07. The first kappa shape index (κ1) is 20.0. The van der Waals surface area contributed by atoms with Crippen LogP contribution in [0.5, 0.6) is 5.75 Å². The molecule has 1 aromatic heterocycles. The largest absolute Gasteiger partial charge is 0.496 e. The summed E-state index contributed by atoms with van der Waals surface area (Å²) in [4.78, 5) is 21.1. The summed E-state index contributed by atoms with van der Waals surface area (Å²) in [6.07, 6.45) is 5.46. The zero-order chi connectivity index (χ0) is 20.9. The van der Waals surface area contributed by atoms with Gasteiger partial charge >= 0.3 is 0 Å². The van der Waals surface area contributed by atoms with Crippen molar-refractivity contribution in [3.05, 3.63) is 84.2 Å². The third kappa shape index (κ3) is 4.15. The lowest BCUT2D eigenvalue weighted by atomic mass is 9.88. The van der Waals surface area contributed by atoms with Crippen LogP contribution in [0, 0.1) is 0 Å². The number of ether oxygens (including phenoxy) is 1. The van der Waals surface area contributed by atoms with Gasteiger partial charge in [0.15, 0.2) is 0 Å². The molecule has 1 aliphatic rings. The number of hydrogen-bond donors (Lipinski definition) is 0. The Morgan fingerprint density at radius 3 is 2.27 bits per heavy atom. The number of anilines is 2. The van der Waals surface area contributed by atoms with E-state index in [0.29, 0.717) is 5.92 Å². The number of likely N-dealkylation sites (tertiary alicyclic amines) is 1. The van der Waals surface area contributed by atoms with Gasteiger partial charge in [0.2, 0.25) is 0 Å². The van der Waals surface area contributed by atoms with Gasteiger partial charge in [-0.25, -0.2) is 0 Å². The molecular formula is C25H27N3O2. The van der Waals surface area contributed by atoms with E-state index in [1.807, 2.05) is 60.5 Å². The van der Waals surface area contributed by atoms with Gasteiger partial charge in [-0.05, 0) is 66.8 Å². The van der Waals surface area contributed by atoms with E-state index in [2.05, 4.69) is 22.0 Å². The third-order valence-electron chi connectivity index (χ3n) is 5.91. The normalized spacial score (nSPS) is 14.4. The van der Waals surface area contributed by atoms with Crippen molar-refractivity contribution < 1.29 is 9.53 Å². The molecule has 0 saturated carbocycles. The number of carbonyl (C=O) groups excluding carboxylic acids is 1. The molecule has 30 heavy (non-hydrogen) atoms. The van der Waals surface area contributed by atoms with E-state index in [0.717, 1.165) is 48.6 Å². The molecule has 2 aromatic carbocycles. The summed E-state index contributed by atoms with van der Waals surface area (Å²) in [6, 6.07) is 20.0. The van der Waals surface area contributed by atoms with Gasteiger partial charge in [-0.15, -0.1) is 0 Å². The topological polar surface area (TPSA) is 45.7 Å². The van der Waals surface area contributed by atoms with Crippen molar-refractivity contribution in [2.45, 2.75) is 18.8 Å². The molecule has 0 aliphatic carbocycles. The first-order valence-corrected chi connectivity index (χ1v) is 10.3. The van der Waals surface area contributed by atoms with Gasteiger partial charge in [-0.1, -0.05) is 18.2 Å². The van der Waals surface area contributed by atoms with Gasteiger partial charge in [0.1, 0.15) is 5.75 Å². The van der Waals surface area contributed by atoms with Crippen LogP contribution in [-0.2, 0) is 0 Å². The molecule has 1 fully saturated rings. The lowest BCUT2D eigenvalue weighted by molar-refractivity contribution is 0.0712. The maximum Gasteiger partial charge on any atom is 0.253 e. The maximum atomic E-state index is 13.0. The van der Waals surface area contributed by atoms with Crippen molar-refractivity contribution in [1.29, 1.82) is 0 Å². The molecular weight excluding hydrogens is 374 g/mol. The molecule has 0 bridgehead atoms. The quantitative estimate of drug-likeness (QED) is 0.611. The van der Waals surface area contributed by atoms with Gasteiger partial charge < -0.3 is 14.5 Å². The van der Waals surface area contributed by atoms with Crippen LogP contribution in [-0.4, -0.2) is 43.0 Å². The second-order valence-electron chi connectivity index (χ2n) is 7.62. The van der Waals surface area contributed by atoms with Crippen molar-refractivity contribution in [2.24, 2.45) is 0 Å². The summed E-state index contributed by atoms with van der Waals surface area (Å²) in [7, 11) is 3.72. The van der Waals surface area contributed by atoms with Crippen molar-refractivity contribution in [1.82, 2.24) is 9.88 Å². The number of rotatable bonds is 5. The molecule has 0 atom stereocenters. The fourth-order valence-electron chi connectivity index (χ4n) is 4.12. The fourth-order valence-corrected chi connectivity index (χ4v) is 4.12. The monoisotopic (exact) mass is 401 g/mol. The Kier molecular flexibility index (Phi) is 5.98. The highest BCUT2D eigenvalue weighted by molar-refractivity contribution is 5.94. The first-order chi connectivity index (χ1) is 14.7. The second-order valence-corrected chi connectivity index (χ2v) is 7.62. The molecule has 154 valence electrons. The van der Waals surface area contributed by atoms with Gasteiger partial charge in [0.25, 0.3) is 5.91 Å². The summed E-state index contributed by atoms with van der Waals surface area (Å²) >= 11 is 0. The minimum absolute atomic E-state index is 0.103. The molecule has 2 heterocycles. The Hall–Kier alpha value is -3.34. The number of hydrogen-bond acceptors (Lipinski definition) is 4. The number of nitrogens with zero attached hydrogens (tertiary/aromatic N) is 3. The van der Waals surface area contributed by atoms with Crippen LogP contribution in [0.3, 0.4) is 0 Å². The van der Waals surface area contributed by atoms with Crippen LogP contribution in [0.15, 0.2) is 73.1 Å². The Morgan fingerprint density at radius 1 is 0.967 bits per heavy atom. The van der Waals surface area contributed by atoms with Gasteiger partial charge in [0.05, 0.1) is 7.11 Å². The Balaban J connectivity index is 1.40. The van der Waals surface area contributed by atoms with Crippen molar-refractivity contribution in [3.8, 4) is 5.75 Å². The fraction of sp³-hybridized carbons (Fsp3) is 0.280. The smallest absolute Gasteiger partial charge is 0.253 e. The van der Waals surface area contributed by atoms with Gasteiger partial charge in [0, 0.05) is 49.5 Å². The second kappa shape index (κ2) is 8.99. The number of amides is 1. The molecule has 3 aromatic rings. The molecule has 1 aliphatic heterocycles. The Morgan fingerprint density at radius 2 is 1.60 bits per heavy atom. The van der Waals surface area contributed by atoms with Gasteiger partial charge in [-0.3, -0.25) is 9.78 Å². The van der Waals surface area contributed by atoms with Crippen molar-refractivity contribution in [3.63, 3.8) is 0 Å². The summed E-state index contributed by atoms with van der Waals surface area (Å²) < 4.78 is 5.52. The van der Waals surface area contributed by atoms with E-state index in [9.17, 15) is 4.79 Å². The first-order valence-electron chi connectivity index (χ1n) is 10.3. The number of aromatic nitrogens is 1. The lowest BCUT2D eigenvalue weighted by Crippen LogP contribution is -2.38. The molecule has 0 radical (unpaired) electrons. The minimum Gasteiger partial charge on any atom is -0.496 e. The van der Waals surface area contributed by atoms with E-state index in [4.69, 9.17) is 4.74 Å². The van der Waals surface area contributed by atoms with Crippen molar-refractivity contribution >= 4 is 17.3 Å². The molecule has 0 unspecified atom stereocenters. The highest BCUT2D eigenvalue weighted by Gasteiger charge is 2.26. The predicted molar refractivity (Wildman–Crippen MR) is 120 cm³/mol. The summed E-state index contributed by atoms with van der Waals surface area (Å²) in [5.74, 6) is 1.48. The van der Waals surface area contributed by atoms with Crippen molar-refractivity contribution in [2.75, 3.05) is 32.1 Å². The maximum absolute atomic E-state index is 13.0. The van der Waals surface area contributed by atoms with E-state index >= 15 is 0 Å². The molecule has 5 heteroatoms. The average molecular weight is 402 g/mol. The number of methoxy groups -OCH3 is 1. The molecule has 0 N–H and O–H groups in total. The summed E-state index contributed by atoms with van der Waals surface area (Å²) in [5, 5.41) is 0. The van der Waals surface area contributed by atoms with E-state index < -0.39 is 0 Å². The molecule has 1 saturated heterocycles. The highest BCUT2D eigenvalue weighted by Crippen LogP contribution is 2.34. The number of para-hydroxylation sites is 1. The predicted octanol–water partition coefficient (Wildman–Crippen LogP) is 4.88. The number of benzene rings is 2. The van der Waals surface area contributed by atoms with Crippen LogP contribution in [0.25, 0.3) is 0 Å². The highest BCUT2D eigenvalue weighted by atomic mass is 16.5. The van der Waals surface area contributed by atoms with E-state index in [1.165, 1.54) is 5.56 Å². The molecule has 0 spiro atoms.